The number of amides is 2. The summed E-state index contributed by atoms with van der Waals surface area (Å²) in [6.45, 7) is 9.27. The van der Waals surface area contributed by atoms with Gasteiger partial charge in [0.2, 0.25) is 5.91 Å². The fourth-order valence-electron chi connectivity index (χ4n) is 5.12. The Morgan fingerprint density at radius 2 is 2.04 bits per heavy atom. The number of fused-ring (bicyclic) bond motifs is 3. The first-order valence-corrected chi connectivity index (χ1v) is 9.95. The van der Waals surface area contributed by atoms with Crippen molar-refractivity contribution < 1.29 is 9.59 Å². The minimum Gasteiger partial charge on any atom is -0.335 e. The maximum absolute atomic E-state index is 13.2. The number of aromatic nitrogens is 1. The monoisotopic (exact) mass is 371 g/mol. The molecule has 5 nitrogen and oxygen atoms in total. The summed E-state index contributed by atoms with van der Waals surface area (Å²) in [5.41, 5.74) is 2.05. The molecule has 2 fully saturated rings. The van der Waals surface area contributed by atoms with Gasteiger partial charge in [-0.3, -0.25) is 9.59 Å². The average molecular weight is 372 g/mol. The van der Waals surface area contributed by atoms with Gasteiger partial charge in [-0.25, -0.2) is 4.98 Å². The minimum atomic E-state index is -0.138. The summed E-state index contributed by atoms with van der Waals surface area (Å²) in [5.74, 6) is -0.0200. The van der Waals surface area contributed by atoms with Crippen molar-refractivity contribution >= 4 is 38.5 Å². The second-order valence-electron chi connectivity index (χ2n) is 9.03. The van der Waals surface area contributed by atoms with Crippen LogP contribution in [0.5, 0.6) is 0 Å². The maximum atomic E-state index is 13.2. The van der Waals surface area contributed by atoms with Crippen LogP contribution >= 0.6 is 11.3 Å². The highest BCUT2D eigenvalue weighted by Gasteiger charge is 2.51. The molecule has 2 aromatic rings. The molecule has 1 aromatic heterocycles. The van der Waals surface area contributed by atoms with Gasteiger partial charge in [0, 0.05) is 25.1 Å². The Labute approximate surface area is 157 Å². The van der Waals surface area contributed by atoms with Gasteiger partial charge in [-0.15, -0.1) is 0 Å². The van der Waals surface area contributed by atoms with Crippen molar-refractivity contribution in [1.29, 1.82) is 0 Å². The molecule has 6 heteroatoms. The van der Waals surface area contributed by atoms with Crippen LogP contribution in [0.2, 0.25) is 0 Å². The van der Waals surface area contributed by atoms with Gasteiger partial charge >= 0.3 is 0 Å². The first-order valence-electron chi connectivity index (χ1n) is 9.13. The van der Waals surface area contributed by atoms with Crippen molar-refractivity contribution in [3.05, 3.63) is 23.8 Å². The van der Waals surface area contributed by atoms with Crippen molar-refractivity contribution in [3.8, 4) is 0 Å². The van der Waals surface area contributed by atoms with Crippen LogP contribution in [0.1, 0.15) is 57.3 Å². The molecule has 1 saturated heterocycles. The summed E-state index contributed by atoms with van der Waals surface area (Å²) in [5, 5.41) is 3.29. The molecule has 2 unspecified atom stereocenters. The minimum absolute atomic E-state index is 0.118. The zero-order chi connectivity index (χ0) is 18.7. The number of anilines is 1. The van der Waals surface area contributed by atoms with Crippen LogP contribution in [-0.4, -0.2) is 34.3 Å². The van der Waals surface area contributed by atoms with Crippen LogP contribution in [-0.2, 0) is 4.79 Å². The molecule has 0 radical (unpaired) electrons. The quantitative estimate of drug-likeness (QED) is 0.856. The molecule has 4 rings (SSSR count). The summed E-state index contributed by atoms with van der Waals surface area (Å²) in [4.78, 5) is 30.9. The number of hydrogen-bond acceptors (Lipinski definition) is 4. The third kappa shape index (κ3) is 3.11. The second kappa shape index (κ2) is 5.78. The molecular formula is C20H25N3O2S. The Morgan fingerprint density at radius 3 is 2.77 bits per heavy atom. The first-order chi connectivity index (χ1) is 12.1. The van der Waals surface area contributed by atoms with Crippen molar-refractivity contribution in [3.63, 3.8) is 0 Å². The third-order valence-corrected chi connectivity index (χ3v) is 6.53. The summed E-state index contributed by atoms with van der Waals surface area (Å²) >= 11 is 1.40. The van der Waals surface area contributed by atoms with E-state index in [4.69, 9.17) is 0 Å². The van der Waals surface area contributed by atoms with Gasteiger partial charge in [0.1, 0.15) is 0 Å². The molecule has 2 atom stereocenters. The van der Waals surface area contributed by atoms with Crippen molar-refractivity contribution in [2.45, 2.75) is 53.0 Å². The Morgan fingerprint density at radius 1 is 1.27 bits per heavy atom. The fourth-order valence-corrected chi connectivity index (χ4v) is 6.08. The zero-order valence-corrected chi connectivity index (χ0v) is 16.6. The lowest BCUT2D eigenvalue weighted by molar-refractivity contribution is -0.114. The fraction of sp³-hybridized carbons (Fsp3) is 0.550. The van der Waals surface area contributed by atoms with Crippen LogP contribution in [0.4, 0.5) is 5.13 Å². The molecule has 1 aliphatic carbocycles. The van der Waals surface area contributed by atoms with Gasteiger partial charge in [0.05, 0.1) is 10.2 Å². The average Bonchev–Trinajstić information content (AvgIpc) is 3.01. The van der Waals surface area contributed by atoms with Gasteiger partial charge in [0.25, 0.3) is 5.91 Å². The molecule has 2 amide bonds. The van der Waals surface area contributed by atoms with Gasteiger partial charge in [-0.2, -0.15) is 0 Å². The molecule has 0 spiro atoms. The lowest BCUT2D eigenvalue weighted by atomic mass is 9.65. The Balaban J connectivity index is 1.61. The van der Waals surface area contributed by atoms with Crippen molar-refractivity contribution in [2.24, 2.45) is 10.8 Å². The van der Waals surface area contributed by atoms with E-state index in [1.807, 2.05) is 18.2 Å². The van der Waals surface area contributed by atoms with E-state index in [-0.39, 0.29) is 17.2 Å². The lowest BCUT2D eigenvalue weighted by Gasteiger charge is -2.39. The molecular weight excluding hydrogens is 346 g/mol. The van der Waals surface area contributed by atoms with Gasteiger partial charge in [-0.05, 0) is 48.3 Å². The summed E-state index contributed by atoms with van der Waals surface area (Å²) in [7, 11) is 0. The number of carbonyl (C=O) groups excluding carboxylic acids is 2. The van der Waals surface area contributed by atoms with Gasteiger partial charge in [-0.1, -0.05) is 32.1 Å². The second-order valence-corrected chi connectivity index (χ2v) is 10.1. The number of likely N-dealkylation sites (tertiary alicyclic amines) is 1. The smallest absolute Gasteiger partial charge is 0.254 e. The normalized spacial score (nSPS) is 26.9. The first kappa shape index (κ1) is 17.5. The van der Waals surface area contributed by atoms with E-state index in [1.54, 1.807) is 0 Å². The highest BCUT2D eigenvalue weighted by Crippen LogP contribution is 2.52. The molecule has 138 valence electrons. The van der Waals surface area contributed by atoms with Crippen LogP contribution in [0, 0.1) is 10.8 Å². The summed E-state index contributed by atoms with van der Waals surface area (Å²) < 4.78 is 0.924. The predicted molar refractivity (Wildman–Crippen MR) is 104 cm³/mol. The van der Waals surface area contributed by atoms with E-state index in [0.29, 0.717) is 22.2 Å². The van der Waals surface area contributed by atoms with Gasteiger partial charge in [0.15, 0.2) is 5.13 Å². The Kier molecular flexibility index (Phi) is 3.88. The highest BCUT2D eigenvalue weighted by atomic mass is 32.1. The molecule has 1 N–H and O–H groups in total. The molecule has 2 bridgehead atoms. The predicted octanol–water partition coefficient (Wildman–Crippen LogP) is 4.30. The molecule has 26 heavy (non-hydrogen) atoms. The number of rotatable bonds is 2. The van der Waals surface area contributed by atoms with E-state index in [0.717, 1.165) is 29.6 Å². The van der Waals surface area contributed by atoms with E-state index in [9.17, 15) is 9.59 Å². The number of thiazole rings is 1. The van der Waals surface area contributed by atoms with Crippen molar-refractivity contribution in [1.82, 2.24) is 9.88 Å². The summed E-state index contributed by atoms with van der Waals surface area (Å²) in [6.07, 6.45) is 3.36. The Bertz CT molecular complexity index is 904. The standard InChI is InChI=1S/C20H25N3O2S/c1-12(24)21-18-22-15-6-5-13(7-16(15)26-18)17(25)23-11-20(4)9-14(23)8-19(2,3)10-20/h5-7,14H,8-11H2,1-4H3,(H,21,22,24). The largest absolute Gasteiger partial charge is 0.335 e. The number of hydrogen-bond donors (Lipinski definition) is 1. The number of benzene rings is 1. The summed E-state index contributed by atoms with van der Waals surface area (Å²) in [6, 6.07) is 5.98. The molecule has 1 saturated carbocycles. The van der Waals surface area contributed by atoms with Crippen LogP contribution in [0.3, 0.4) is 0 Å². The molecule has 1 aliphatic heterocycles. The highest BCUT2D eigenvalue weighted by molar-refractivity contribution is 7.22. The SMILES string of the molecule is CC(=O)Nc1nc2ccc(C(=O)N3CC4(C)CC3CC(C)(C)C4)cc2s1. The molecule has 2 aliphatic rings. The molecule has 1 aromatic carbocycles. The van der Waals surface area contributed by atoms with E-state index in [2.05, 4.69) is 36.0 Å². The van der Waals surface area contributed by atoms with Crippen molar-refractivity contribution in [2.75, 3.05) is 11.9 Å². The zero-order valence-electron chi connectivity index (χ0n) is 15.8. The maximum Gasteiger partial charge on any atom is 0.254 e. The van der Waals surface area contributed by atoms with E-state index in [1.165, 1.54) is 24.7 Å². The number of nitrogens with one attached hydrogen (secondary N) is 1. The topological polar surface area (TPSA) is 62.3 Å². The lowest BCUT2D eigenvalue weighted by Crippen LogP contribution is -2.37. The Hall–Kier alpha value is -1.95. The van der Waals surface area contributed by atoms with E-state index >= 15 is 0 Å². The molecule has 2 heterocycles. The van der Waals surface area contributed by atoms with Crippen LogP contribution in [0.25, 0.3) is 10.2 Å². The van der Waals surface area contributed by atoms with E-state index < -0.39 is 0 Å². The van der Waals surface area contributed by atoms with Crippen LogP contribution < -0.4 is 5.32 Å². The van der Waals surface area contributed by atoms with Gasteiger partial charge < -0.3 is 10.2 Å². The third-order valence-electron chi connectivity index (χ3n) is 5.59. The number of carbonyl (C=O) groups is 2. The van der Waals surface area contributed by atoms with Crippen LogP contribution in [0.15, 0.2) is 18.2 Å². The number of nitrogens with zero attached hydrogens (tertiary/aromatic N) is 2.